The van der Waals surface area contributed by atoms with Gasteiger partial charge in [-0.05, 0) is 105 Å². The third kappa shape index (κ3) is 3.25. The van der Waals surface area contributed by atoms with Crippen LogP contribution in [0.25, 0.3) is 0 Å². The van der Waals surface area contributed by atoms with Gasteiger partial charge >= 0.3 is 0 Å². The van der Waals surface area contributed by atoms with Crippen molar-refractivity contribution in [2.45, 2.75) is 98.8 Å². The second kappa shape index (κ2) is 7.77. The highest BCUT2D eigenvalue weighted by Gasteiger charge is 2.56. The first-order valence-electron chi connectivity index (χ1n) is 11.7. The second-order valence-electron chi connectivity index (χ2n) is 10.0. The fourth-order valence-corrected chi connectivity index (χ4v) is 8.13. The molecule has 4 fully saturated rings. The maximum Gasteiger partial charge on any atom is -0.0152 e. The van der Waals surface area contributed by atoms with Crippen LogP contribution in [0.15, 0.2) is 12.2 Å². The van der Waals surface area contributed by atoms with Gasteiger partial charge < -0.3 is 0 Å². The Morgan fingerprint density at radius 2 is 1.64 bits per heavy atom. The summed E-state index contributed by atoms with van der Waals surface area (Å²) >= 11 is 0. The number of hydrogen-bond donors (Lipinski definition) is 0. The number of hydrogen-bond acceptors (Lipinski definition) is 0. The van der Waals surface area contributed by atoms with E-state index in [0.717, 1.165) is 41.4 Å². The van der Waals surface area contributed by atoms with Crippen LogP contribution in [0, 0.1) is 46.8 Å². The number of rotatable bonds is 2. The predicted octanol–water partition coefficient (Wildman–Crippen LogP) is 7.88. The fourth-order valence-electron chi connectivity index (χ4n) is 8.13. The molecule has 0 aromatic heterocycles. The molecule has 0 spiro atoms. The van der Waals surface area contributed by atoms with Gasteiger partial charge in [0.05, 0.1) is 0 Å². The molecule has 0 heteroatoms. The third-order valence-corrected chi connectivity index (χ3v) is 9.24. The van der Waals surface area contributed by atoms with E-state index in [1.165, 1.54) is 37.7 Å². The zero-order chi connectivity index (χ0) is 18.2. The summed E-state index contributed by atoms with van der Waals surface area (Å²) < 4.78 is 0. The van der Waals surface area contributed by atoms with Gasteiger partial charge in [-0.2, -0.15) is 0 Å². The zero-order valence-electron chi connectivity index (χ0n) is 17.8. The molecule has 0 bridgehead atoms. The second-order valence-corrected chi connectivity index (χ2v) is 10.0. The van der Waals surface area contributed by atoms with Gasteiger partial charge in [0.2, 0.25) is 0 Å². The summed E-state index contributed by atoms with van der Waals surface area (Å²) in [6.07, 6.45) is 15.2. The molecule has 0 saturated heterocycles. The maximum absolute atomic E-state index is 4.36. The maximum atomic E-state index is 4.36. The zero-order valence-corrected chi connectivity index (χ0v) is 17.8. The van der Waals surface area contributed by atoms with Crippen molar-refractivity contribution in [1.29, 1.82) is 0 Å². The standard InChI is InChI=1S/C23H38.C2H6/c1-5-16-6-8-18-17(14-16)7-9-20-19(18)12-13-23(4)21(15(2)3)10-11-22(20)23;1-2/h16-22H,2,5-14H2,1,3-4H3;1-2H3/t16-,17?,18?,19?,20?,21+,22?,23?;/m0./s1. The van der Waals surface area contributed by atoms with Gasteiger partial charge in [-0.3, -0.25) is 0 Å². The molecule has 25 heavy (non-hydrogen) atoms. The van der Waals surface area contributed by atoms with Crippen molar-refractivity contribution >= 4 is 0 Å². The molecule has 4 aliphatic carbocycles. The van der Waals surface area contributed by atoms with E-state index in [-0.39, 0.29) is 0 Å². The predicted molar refractivity (Wildman–Crippen MR) is 111 cm³/mol. The van der Waals surface area contributed by atoms with E-state index in [0.29, 0.717) is 5.41 Å². The van der Waals surface area contributed by atoms with Crippen molar-refractivity contribution in [3.8, 4) is 0 Å². The summed E-state index contributed by atoms with van der Waals surface area (Å²) in [5.74, 6) is 7.25. The SMILES string of the molecule is C=C(C)[C@H]1CCC2C3CCC4C[C@@H](CC)CCC4C3CCC21C.CC. The van der Waals surface area contributed by atoms with Crippen molar-refractivity contribution in [1.82, 2.24) is 0 Å². The Morgan fingerprint density at radius 1 is 0.920 bits per heavy atom. The third-order valence-electron chi connectivity index (χ3n) is 9.24. The largest absolute Gasteiger partial charge is 0.0998 e. The van der Waals surface area contributed by atoms with E-state index in [2.05, 4.69) is 27.4 Å². The quantitative estimate of drug-likeness (QED) is 0.447. The van der Waals surface area contributed by atoms with Gasteiger partial charge in [0.25, 0.3) is 0 Å². The summed E-state index contributed by atoms with van der Waals surface area (Å²) in [6, 6.07) is 0. The van der Waals surface area contributed by atoms with Crippen LogP contribution in [0.1, 0.15) is 98.8 Å². The highest BCUT2D eigenvalue weighted by Crippen LogP contribution is 2.65. The summed E-state index contributed by atoms with van der Waals surface area (Å²) in [7, 11) is 0. The molecule has 6 unspecified atom stereocenters. The van der Waals surface area contributed by atoms with E-state index in [1.807, 2.05) is 13.8 Å². The Labute approximate surface area is 158 Å². The molecule has 0 N–H and O–H groups in total. The molecule has 0 heterocycles. The van der Waals surface area contributed by atoms with Gasteiger partial charge in [-0.15, -0.1) is 0 Å². The molecule has 0 aromatic rings. The topological polar surface area (TPSA) is 0 Å². The van der Waals surface area contributed by atoms with Crippen molar-refractivity contribution in [3.63, 3.8) is 0 Å². The summed E-state index contributed by atoms with van der Waals surface area (Å²) in [6.45, 7) is 15.7. The summed E-state index contributed by atoms with van der Waals surface area (Å²) in [4.78, 5) is 0. The molecular weight excluding hydrogens is 300 g/mol. The van der Waals surface area contributed by atoms with E-state index < -0.39 is 0 Å². The van der Waals surface area contributed by atoms with Crippen LogP contribution >= 0.6 is 0 Å². The van der Waals surface area contributed by atoms with E-state index in [1.54, 1.807) is 32.1 Å². The van der Waals surface area contributed by atoms with E-state index in [9.17, 15) is 0 Å². The lowest BCUT2D eigenvalue weighted by molar-refractivity contribution is -0.0645. The van der Waals surface area contributed by atoms with Crippen LogP contribution in [0.5, 0.6) is 0 Å². The smallest absolute Gasteiger partial charge is 0.0152 e. The van der Waals surface area contributed by atoms with Crippen molar-refractivity contribution in [3.05, 3.63) is 12.2 Å². The lowest BCUT2D eigenvalue weighted by Crippen LogP contribution is -2.48. The molecular formula is C25H44. The molecule has 8 atom stereocenters. The summed E-state index contributed by atoms with van der Waals surface area (Å²) in [5.41, 5.74) is 2.08. The molecule has 0 aromatic carbocycles. The molecule has 0 nitrogen and oxygen atoms in total. The van der Waals surface area contributed by atoms with Crippen LogP contribution < -0.4 is 0 Å². The minimum absolute atomic E-state index is 0.598. The highest BCUT2D eigenvalue weighted by atomic mass is 14.6. The van der Waals surface area contributed by atoms with Gasteiger partial charge in [0.15, 0.2) is 0 Å². The Kier molecular flexibility index (Phi) is 6.06. The average molecular weight is 345 g/mol. The summed E-state index contributed by atoms with van der Waals surface area (Å²) in [5, 5.41) is 0. The molecule has 4 saturated carbocycles. The Bertz CT molecular complexity index is 463. The van der Waals surface area contributed by atoms with Crippen molar-refractivity contribution in [2.24, 2.45) is 46.8 Å². The monoisotopic (exact) mass is 344 g/mol. The van der Waals surface area contributed by atoms with Gasteiger partial charge in [0.1, 0.15) is 0 Å². The minimum atomic E-state index is 0.598. The first-order chi connectivity index (χ1) is 12.0. The lowest BCUT2D eigenvalue weighted by Gasteiger charge is -2.56. The minimum Gasteiger partial charge on any atom is -0.0998 e. The fraction of sp³-hybridized carbons (Fsp3) is 0.920. The Balaban J connectivity index is 0.000000880. The highest BCUT2D eigenvalue weighted by molar-refractivity contribution is 5.13. The van der Waals surface area contributed by atoms with Crippen LogP contribution in [0.4, 0.5) is 0 Å². The van der Waals surface area contributed by atoms with E-state index >= 15 is 0 Å². The molecule has 144 valence electrons. The van der Waals surface area contributed by atoms with Crippen molar-refractivity contribution < 1.29 is 0 Å². The first kappa shape index (κ1) is 19.5. The number of fused-ring (bicyclic) bond motifs is 5. The lowest BCUT2D eigenvalue weighted by atomic mass is 9.49. The van der Waals surface area contributed by atoms with Crippen LogP contribution in [0.3, 0.4) is 0 Å². The van der Waals surface area contributed by atoms with Crippen LogP contribution in [0.2, 0.25) is 0 Å². The van der Waals surface area contributed by atoms with Crippen LogP contribution in [-0.2, 0) is 0 Å². The molecule has 0 radical (unpaired) electrons. The van der Waals surface area contributed by atoms with E-state index in [4.69, 9.17) is 0 Å². The average Bonchev–Trinajstić information content (AvgIpc) is 3.00. The van der Waals surface area contributed by atoms with Gasteiger partial charge in [-0.1, -0.05) is 52.7 Å². The first-order valence-corrected chi connectivity index (χ1v) is 11.7. The van der Waals surface area contributed by atoms with Crippen LogP contribution in [-0.4, -0.2) is 0 Å². The molecule has 4 aliphatic rings. The molecule has 0 aliphatic heterocycles. The normalized spacial score (nSPS) is 48.4. The Morgan fingerprint density at radius 3 is 2.32 bits per heavy atom. The number of allylic oxidation sites excluding steroid dienone is 1. The van der Waals surface area contributed by atoms with Gasteiger partial charge in [0, 0.05) is 0 Å². The molecule has 0 amide bonds. The van der Waals surface area contributed by atoms with Gasteiger partial charge in [-0.25, -0.2) is 0 Å². The Hall–Kier alpha value is -0.260. The van der Waals surface area contributed by atoms with Crippen molar-refractivity contribution in [2.75, 3.05) is 0 Å². The molecule has 4 rings (SSSR count).